The minimum atomic E-state index is -3.49. The fourth-order valence-corrected chi connectivity index (χ4v) is 5.75. The van der Waals surface area contributed by atoms with Crippen LogP contribution in [0.25, 0.3) is 0 Å². The molecule has 25 heavy (non-hydrogen) atoms. The van der Waals surface area contributed by atoms with Crippen molar-refractivity contribution in [2.45, 2.75) is 56.9 Å². The molecule has 1 heterocycles. The highest BCUT2D eigenvalue weighted by molar-refractivity contribution is 7.89. The molecule has 1 saturated carbocycles. The second-order valence-electron chi connectivity index (χ2n) is 7.75. The summed E-state index contributed by atoms with van der Waals surface area (Å²) in [5, 5.41) is 3.03. The summed E-state index contributed by atoms with van der Waals surface area (Å²) in [6.45, 7) is 5.32. The van der Waals surface area contributed by atoms with Gasteiger partial charge in [0.05, 0.1) is 4.90 Å². The molecule has 1 aromatic rings. The average Bonchev–Trinajstić information content (AvgIpc) is 3.07. The van der Waals surface area contributed by atoms with Gasteiger partial charge in [-0.05, 0) is 55.4 Å². The van der Waals surface area contributed by atoms with E-state index >= 15 is 0 Å². The molecule has 6 heteroatoms. The first-order chi connectivity index (χ1) is 11.9. The maximum Gasteiger partial charge on any atom is 0.251 e. The van der Waals surface area contributed by atoms with E-state index in [1.165, 1.54) is 0 Å². The van der Waals surface area contributed by atoms with Gasteiger partial charge in [0.25, 0.3) is 5.91 Å². The van der Waals surface area contributed by atoms with Gasteiger partial charge in [-0.3, -0.25) is 4.79 Å². The fourth-order valence-electron chi connectivity index (χ4n) is 4.07. The molecule has 0 spiro atoms. The van der Waals surface area contributed by atoms with Gasteiger partial charge < -0.3 is 5.32 Å². The largest absolute Gasteiger partial charge is 0.349 e. The zero-order valence-corrected chi connectivity index (χ0v) is 15.9. The number of carbonyl (C=O) groups is 1. The minimum absolute atomic E-state index is 0.115. The molecule has 1 saturated heterocycles. The number of benzene rings is 1. The molecular formula is C19H28N2O3S. The summed E-state index contributed by atoms with van der Waals surface area (Å²) < 4.78 is 27.3. The van der Waals surface area contributed by atoms with Crippen LogP contribution in [0, 0.1) is 11.8 Å². The summed E-state index contributed by atoms with van der Waals surface area (Å²) in [5.41, 5.74) is 0.520. The average molecular weight is 365 g/mol. The summed E-state index contributed by atoms with van der Waals surface area (Å²) in [5.74, 6) is 0.626. The van der Waals surface area contributed by atoms with Crippen molar-refractivity contribution in [3.63, 3.8) is 0 Å². The van der Waals surface area contributed by atoms with E-state index in [0.717, 1.165) is 32.1 Å². The van der Waals surface area contributed by atoms with E-state index in [9.17, 15) is 13.2 Å². The van der Waals surface area contributed by atoms with Crippen LogP contribution in [0.1, 0.15) is 56.3 Å². The normalized spacial score (nSPS) is 25.8. The van der Waals surface area contributed by atoms with Gasteiger partial charge in [0.15, 0.2) is 0 Å². The van der Waals surface area contributed by atoms with Gasteiger partial charge in [-0.2, -0.15) is 4.31 Å². The number of hydrogen-bond donors (Lipinski definition) is 1. The highest BCUT2D eigenvalue weighted by Crippen LogP contribution is 2.27. The summed E-state index contributed by atoms with van der Waals surface area (Å²) in [7, 11) is -3.49. The van der Waals surface area contributed by atoms with E-state index in [1.807, 2.05) is 0 Å². The van der Waals surface area contributed by atoms with Crippen molar-refractivity contribution in [2.24, 2.45) is 11.8 Å². The van der Waals surface area contributed by atoms with Gasteiger partial charge in [-0.25, -0.2) is 8.42 Å². The molecule has 2 fully saturated rings. The first-order valence-corrected chi connectivity index (χ1v) is 10.7. The Morgan fingerprint density at radius 2 is 1.60 bits per heavy atom. The summed E-state index contributed by atoms with van der Waals surface area (Å²) >= 11 is 0. The number of hydrogen-bond acceptors (Lipinski definition) is 3. The Labute approximate surface area is 150 Å². The number of rotatable bonds is 4. The molecule has 0 unspecified atom stereocenters. The van der Waals surface area contributed by atoms with Crippen molar-refractivity contribution in [2.75, 3.05) is 13.1 Å². The second-order valence-corrected chi connectivity index (χ2v) is 9.69. The van der Waals surface area contributed by atoms with E-state index in [2.05, 4.69) is 19.2 Å². The predicted octanol–water partition coefficient (Wildman–Crippen LogP) is 3.03. The Morgan fingerprint density at radius 3 is 2.16 bits per heavy atom. The molecule has 1 N–H and O–H groups in total. The van der Waals surface area contributed by atoms with Crippen molar-refractivity contribution in [3.05, 3.63) is 29.8 Å². The maximum atomic E-state index is 12.9. The molecule has 2 aliphatic rings. The molecule has 1 aliphatic carbocycles. The van der Waals surface area contributed by atoms with Crippen LogP contribution in [0.15, 0.2) is 29.2 Å². The quantitative estimate of drug-likeness (QED) is 0.893. The SMILES string of the molecule is C[C@@H]1C[C@H](C)CN(S(=O)(=O)c2ccc(C(=O)NC3CCCC3)cc2)C1. The number of nitrogens with one attached hydrogen (secondary N) is 1. The molecule has 1 aromatic carbocycles. The third-order valence-electron chi connectivity index (χ3n) is 5.28. The van der Waals surface area contributed by atoms with E-state index < -0.39 is 10.0 Å². The second kappa shape index (κ2) is 7.46. The summed E-state index contributed by atoms with van der Waals surface area (Å²) in [6.07, 6.45) is 5.45. The smallest absolute Gasteiger partial charge is 0.251 e. The van der Waals surface area contributed by atoms with Crippen molar-refractivity contribution >= 4 is 15.9 Å². The van der Waals surface area contributed by atoms with Crippen molar-refractivity contribution < 1.29 is 13.2 Å². The first kappa shape index (κ1) is 18.4. The maximum absolute atomic E-state index is 12.9. The van der Waals surface area contributed by atoms with Gasteiger partial charge in [0, 0.05) is 24.7 Å². The third kappa shape index (κ3) is 4.23. The zero-order valence-electron chi connectivity index (χ0n) is 15.1. The summed E-state index contributed by atoms with van der Waals surface area (Å²) in [6, 6.07) is 6.61. The van der Waals surface area contributed by atoms with Crippen LogP contribution in [0.4, 0.5) is 0 Å². The number of piperidine rings is 1. The number of nitrogens with zero attached hydrogens (tertiary/aromatic N) is 1. The molecule has 5 nitrogen and oxygen atoms in total. The molecule has 0 aromatic heterocycles. The number of amides is 1. The molecular weight excluding hydrogens is 336 g/mol. The van der Waals surface area contributed by atoms with Gasteiger partial charge in [0.1, 0.15) is 0 Å². The van der Waals surface area contributed by atoms with Gasteiger partial charge in [-0.15, -0.1) is 0 Å². The van der Waals surface area contributed by atoms with Crippen LogP contribution in [-0.2, 0) is 10.0 Å². The monoisotopic (exact) mass is 364 g/mol. The molecule has 0 radical (unpaired) electrons. The van der Waals surface area contributed by atoms with Crippen LogP contribution in [0.2, 0.25) is 0 Å². The lowest BCUT2D eigenvalue weighted by molar-refractivity contribution is 0.0938. The van der Waals surface area contributed by atoms with Crippen LogP contribution in [0.5, 0.6) is 0 Å². The van der Waals surface area contributed by atoms with Crippen LogP contribution >= 0.6 is 0 Å². The van der Waals surface area contributed by atoms with Crippen molar-refractivity contribution in [1.29, 1.82) is 0 Å². The van der Waals surface area contributed by atoms with E-state index in [0.29, 0.717) is 30.5 Å². The highest BCUT2D eigenvalue weighted by atomic mass is 32.2. The Bertz CT molecular complexity index is 699. The van der Waals surface area contributed by atoms with E-state index in [4.69, 9.17) is 0 Å². The Balaban J connectivity index is 1.71. The lowest BCUT2D eigenvalue weighted by Crippen LogP contribution is -2.42. The van der Waals surface area contributed by atoms with Crippen LogP contribution in [0.3, 0.4) is 0 Å². The number of sulfonamides is 1. The predicted molar refractivity (Wildman–Crippen MR) is 97.9 cm³/mol. The fraction of sp³-hybridized carbons (Fsp3) is 0.632. The molecule has 1 aliphatic heterocycles. The lowest BCUT2D eigenvalue weighted by atomic mass is 9.94. The van der Waals surface area contributed by atoms with Gasteiger partial charge in [-0.1, -0.05) is 26.7 Å². The Morgan fingerprint density at radius 1 is 1.04 bits per heavy atom. The van der Waals surface area contributed by atoms with Crippen molar-refractivity contribution in [1.82, 2.24) is 9.62 Å². The van der Waals surface area contributed by atoms with E-state index in [-0.39, 0.29) is 16.8 Å². The van der Waals surface area contributed by atoms with Gasteiger partial charge >= 0.3 is 0 Å². The molecule has 138 valence electrons. The Hall–Kier alpha value is -1.40. The summed E-state index contributed by atoms with van der Waals surface area (Å²) in [4.78, 5) is 12.5. The topological polar surface area (TPSA) is 66.5 Å². The zero-order chi connectivity index (χ0) is 18.0. The highest BCUT2D eigenvalue weighted by Gasteiger charge is 2.31. The lowest BCUT2D eigenvalue weighted by Gasteiger charge is -2.34. The number of carbonyl (C=O) groups excluding carboxylic acids is 1. The van der Waals surface area contributed by atoms with Crippen molar-refractivity contribution in [3.8, 4) is 0 Å². The molecule has 2 atom stereocenters. The standard InChI is InChI=1S/C19H28N2O3S/c1-14-11-15(2)13-21(12-14)25(23,24)18-9-7-16(8-10-18)19(22)20-17-5-3-4-6-17/h7-10,14-15,17H,3-6,11-13H2,1-2H3,(H,20,22)/t14-,15+. The Kier molecular flexibility index (Phi) is 5.49. The van der Waals surface area contributed by atoms with Gasteiger partial charge in [0.2, 0.25) is 10.0 Å². The minimum Gasteiger partial charge on any atom is -0.349 e. The molecule has 1 amide bonds. The van der Waals surface area contributed by atoms with Crippen LogP contribution < -0.4 is 5.32 Å². The third-order valence-corrected chi connectivity index (χ3v) is 7.13. The molecule has 0 bridgehead atoms. The first-order valence-electron chi connectivity index (χ1n) is 9.27. The van der Waals surface area contributed by atoms with Crippen LogP contribution in [-0.4, -0.2) is 37.8 Å². The van der Waals surface area contributed by atoms with E-state index in [1.54, 1.807) is 28.6 Å². The molecule has 3 rings (SSSR count).